The molecule has 16 heavy (non-hydrogen) atoms. The predicted octanol–water partition coefficient (Wildman–Crippen LogP) is 2.82. The van der Waals surface area contributed by atoms with Crippen LogP contribution in [0.3, 0.4) is 0 Å². The molecule has 94 valence electrons. The first kappa shape index (κ1) is 13.5. The monoisotopic (exact) mass is 228 g/mol. The van der Waals surface area contributed by atoms with Crippen LogP contribution < -0.4 is 0 Å². The number of hydrogen-bond donors (Lipinski definition) is 2. The lowest BCUT2D eigenvalue weighted by Gasteiger charge is -2.36. The number of carbonyl (C=O) groups is 1. The molecule has 1 fully saturated rings. The highest BCUT2D eigenvalue weighted by molar-refractivity contribution is 5.74. The van der Waals surface area contributed by atoms with Crippen LogP contribution in [-0.4, -0.2) is 22.8 Å². The fourth-order valence-corrected chi connectivity index (χ4v) is 2.78. The SMILES string of the molecule is CCC1CCC(CCCCO)(C(=O)O)CC1. The Bertz CT molecular complexity index is 212. The lowest BCUT2D eigenvalue weighted by Crippen LogP contribution is -2.35. The van der Waals surface area contributed by atoms with E-state index >= 15 is 0 Å². The van der Waals surface area contributed by atoms with Gasteiger partial charge in [-0.3, -0.25) is 4.79 Å². The number of rotatable bonds is 6. The molecule has 0 atom stereocenters. The van der Waals surface area contributed by atoms with Crippen molar-refractivity contribution in [2.45, 2.75) is 58.3 Å². The van der Waals surface area contributed by atoms with Crippen molar-refractivity contribution in [3.05, 3.63) is 0 Å². The minimum Gasteiger partial charge on any atom is -0.481 e. The summed E-state index contributed by atoms with van der Waals surface area (Å²) in [5.41, 5.74) is -0.485. The van der Waals surface area contributed by atoms with Crippen LogP contribution in [0.15, 0.2) is 0 Å². The smallest absolute Gasteiger partial charge is 0.309 e. The molecule has 1 aliphatic carbocycles. The van der Waals surface area contributed by atoms with E-state index in [4.69, 9.17) is 5.11 Å². The normalized spacial score (nSPS) is 30.2. The topological polar surface area (TPSA) is 57.5 Å². The number of hydrogen-bond acceptors (Lipinski definition) is 2. The van der Waals surface area contributed by atoms with Crippen molar-refractivity contribution in [3.63, 3.8) is 0 Å². The fourth-order valence-electron chi connectivity index (χ4n) is 2.78. The molecule has 0 aliphatic heterocycles. The Hall–Kier alpha value is -0.570. The average molecular weight is 228 g/mol. The number of aliphatic carboxylic acids is 1. The number of aliphatic hydroxyl groups excluding tert-OH is 1. The van der Waals surface area contributed by atoms with E-state index < -0.39 is 11.4 Å². The maximum absolute atomic E-state index is 11.4. The summed E-state index contributed by atoms with van der Waals surface area (Å²) in [5.74, 6) is 0.102. The largest absolute Gasteiger partial charge is 0.481 e. The Morgan fingerprint density at radius 2 is 1.94 bits per heavy atom. The molecule has 1 aliphatic rings. The molecule has 2 N–H and O–H groups in total. The summed E-state index contributed by atoms with van der Waals surface area (Å²) in [6, 6.07) is 0. The summed E-state index contributed by atoms with van der Waals surface area (Å²) in [6.07, 6.45) is 7.24. The quantitative estimate of drug-likeness (QED) is 0.687. The van der Waals surface area contributed by atoms with Gasteiger partial charge in [-0.25, -0.2) is 0 Å². The van der Waals surface area contributed by atoms with Crippen molar-refractivity contribution in [1.29, 1.82) is 0 Å². The Labute approximate surface area is 97.9 Å². The van der Waals surface area contributed by atoms with Gasteiger partial charge < -0.3 is 10.2 Å². The minimum absolute atomic E-state index is 0.174. The molecule has 0 bridgehead atoms. The van der Waals surface area contributed by atoms with E-state index in [0.29, 0.717) is 0 Å². The molecule has 0 radical (unpaired) electrons. The summed E-state index contributed by atoms with van der Waals surface area (Å²) >= 11 is 0. The van der Waals surface area contributed by atoms with Gasteiger partial charge >= 0.3 is 5.97 Å². The van der Waals surface area contributed by atoms with E-state index in [2.05, 4.69) is 6.92 Å². The lowest BCUT2D eigenvalue weighted by atomic mass is 9.67. The van der Waals surface area contributed by atoms with E-state index in [1.807, 2.05) is 0 Å². The van der Waals surface area contributed by atoms with E-state index in [-0.39, 0.29) is 6.61 Å². The standard InChI is InChI=1S/C13H24O3/c1-2-11-5-8-13(9-6-11,12(15)16)7-3-4-10-14/h11,14H,2-10H2,1H3,(H,15,16). The van der Waals surface area contributed by atoms with Crippen molar-refractivity contribution in [3.8, 4) is 0 Å². The van der Waals surface area contributed by atoms with Crippen LogP contribution in [0.2, 0.25) is 0 Å². The number of carboxylic acids is 1. The molecule has 0 aromatic heterocycles. The van der Waals surface area contributed by atoms with Crippen LogP contribution in [-0.2, 0) is 4.79 Å². The Kier molecular flexibility index (Phi) is 5.26. The van der Waals surface area contributed by atoms with E-state index in [1.165, 1.54) is 6.42 Å². The molecule has 1 rings (SSSR count). The van der Waals surface area contributed by atoms with Crippen molar-refractivity contribution < 1.29 is 15.0 Å². The predicted molar refractivity (Wildman–Crippen MR) is 63.3 cm³/mol. The molecule has 0 unspecified atom stereocenters. The van der Waals surface area contributed by atoms with Gasteiger partial charge in [0.25, 0.3) is 0 Å². The van der Waals surface area contributed by atoms with Crippen molar-refractivity contribution in [1.82, 2.24) is 0 Å². The molecule has 0 spiro atoms. The van der Waals surface area contributed by atoms with Crippen LogP contribution in [0.5, 0.6) is 0 Å². The van der Waals surface area contributed by atoms with Gasteiger partial charge in [0.1, 0.15) is 0 Å². The van der Waals surface area contributed by atoms with Gasteiger partial charge in [-0.1, -0.05) is 19.8 Å². The van der Waals surface area contributed by atoms with Gasteiger partial charge in [0.15, 0.2) is 0 Å². The van der Waals surface area contributed by atoms with Crippen LogP contribution in [0, 0.1) is 11.3 Å². The van der Waals surface area contributed by atoms with Crippen LogP contribution in [0.4, 0.5) is 0 Å². The minimum atomic E-state index is -0.625. The first-order valence-electron chi connectivity index (χ1n) is 6.49. The summed E-state index contributed by atoms with van der Waals surface area (Å²) in [6.45, 7) is 2.36. The molecule has 0 aromatic rings. The Morgan fingerprint density at radius 1 is 1.31 bits per heavy atom. The summed E-state index contributed by atoms with van der Waals surface area (Å²) in [4.78, 5) is 11.4. The zero-order valence-electron chi connectivity index (χ0n) is 10.2. The lowest BCUT2D eigenvalue weighted by molar-refractivity contribution is -0.152. The molecule has 0 amide bonds. The molecular formula is C13H24O3. The first-order valence-corrected chi connectivity index (χ1v) is 6.49. The Morgan fingerprint density at radius 3 is 2.38 bits per heavy atom. The molecule has 0 aromatic carbocycles. The Balaban J connectivity index is 2.51. The van der Waals surface area contributed by atoms with Gasteiger partial charge in [-0.2, -0.15) is 0 Å². The van der Waals surface area contributed by atoms with E-state index in [1.54, 1.807) is 0 Å². The molecule has 3 nitrogen and oxygen atoms in total. The van der Waals surface area contributed by atoms with Crippen LogP contribution >= 0.6 is 0 Å². The third-order valence-electron chi connectivity index (χ3n) is 4.16. The number of carboxylic acid groups (broad SMARTS) is 1. The van der Waals surface area contributed by atoms with Gasteiger partial charge in [-0.05, 0) is 44.4 Å². The van der Waals surface area contributed by atoms with Crippen LogP contribution in [0.1, 0.15) is 58.3 Å². The summed E-state index contributed by atoms with van der Waals surface area (Å²) in [7, 11) is 0. The molecule has 0 heterocycles. The van der Waals surface area contributed by atoms with E-state index in [0.717, 1.165) is 50.9 Å². The highest BCUT2D eigenvalue weighted by atomic mass is 16.4. The molecule has 1 saturated carbocycles. The van der Waals surface area contributed by atoms with Crippen molar-refractivity contribution in [2.24, 2.45) is 11.3 Å². The zero-order valence-corrected chi connectivity index (χ0v) is 10.2. The highest BCUT2D eigenvalue weighted by Gasteiger charge is 2.40. The average Bonchev–Trinajstić information content (AvgIpc) is 2.30. The third-order valence-corrected chi connectivity index (χ3v) is 4.16. The molecular weight excluding hydrogens is 204 g/mol. The maximum atomic E-state index is 11.4. The van der Waals surface area contributed by atoms with Crippen molar-refractivity contribution >= 4 is 5.97 Å². The second-order valence-corrected chi connectivity index (χ2v) is 5.12. The highest BCUT2D eigenvalue weighted by Crippen LogP contribution is 2.43. The summed E-state index contributed by atoms with van der Waals surface area (Å²) in [5, 5.41) is 18.1. The zero-order chi connectivity index (χ0) is 12.0. The van der Waals surface area contributed by atoms with Gasteiger partial charge in [0.2, 0.25) is 0 Å². The second-order valence-electron chi connectivity index (χ2n) is 5.12. The van der Waals surface area contributed by atoms with Gasteiger partial charge in [0, 0.05) is 6.61 Å². The second kappa shape index (κ2) is 6.24. The molecule has 3 heteroatoms. The van der Waals surface area contributed by atoms with Gasteiger partial charge in [-0.15, -0.1) is 0 Å². The molecule has 0 saturated heterocycles. The first-order chi connectivity index (χ1) is 7.64. The third kappa shape index (κ3) is 3.21. The fraction of sp³-hybridized carbons (Fsp3) is 0.923. The van der Waals surface area contributed by atoms with Gasteiger partial charge in [0.05, 0.1) is 5.41 Å². The van der Waals surface area contributed by atoms with Crippen molar-refractivity contribution in [2.75, 3.05) is 6.61 Å². The maximum Gasteiger partial charge on any atom is 0.309 e. The number of aliphatic hydroxyl groups is 1. The van der Waals surface area contributed by atoms with Crippen LogP contribution in [0.25, 0.3) is 0 Å². The van der Waals surface area contributed by atoms with E-state index in [9.17, 15) is 9.90 Å². The summed E-state index contributed by atoms with van der Waals surface area (Å²) < 4.78 is 0. The number of unbranched alkanes of at least 4 members (excludes halogenated alkanes) is 1.